The maximum absolute atomic E-state index is 11.9. The topological polar surface area (TPSA) is 51.1 Å². The first-order chi connectivity index (χ1) is 9.60. The number of carbonyl (C=O) groups is 2. The number of aromatic nitrogens is 1. The third-order valence-electron chi connectivity index (χ3n) is 3.29. The SMILES string of the molecule is CC(C)CCNC(=O)Cn1ccc2ccc(C=O)cc21. The van der Waals surface area contributed by atoms with Gasteiger partial charge in [-0.25, -0.2) is 0 Å². The molecule has 0 aliphatic rings. The van der Waals surface area contributed by atoms with Gasteiger partial charge in [0.2, 0.25) is 5.91 Å². The van der Waals surface area contributed by atoms with Gasteiger partial charge in [-0.3, -0.25) is 9.59 Å². The zero-order valence-electron chi connectivity index (χ0n) is 11.9. The summed E-state index contributed by atoms with van der Waals surface area (Å²) in [5, 5.41) is 3.95. The minimum Gasteiger partial charge on any atom is -0.355 e. The quantitative estimate of drug-likeness (QED) is 0.822. The number of hydrogen-bond donors (Lipinski definition) is 1. The predicted octanol–water partition coefficient (Wildman–Crippen LogP) is 2.62. The molecular formula is C16H20N2O2. The molecule has 0 fully saturated rings. The Morgan fingerprint density at radius 1 is 1.35 bits per heavy atom. The van der Waals surface area contributed by atoms with Crippen LogP contribution in [0.5, 0.6) is 0 Å². The van der Waals surface area contributed by atoms with Crippen LogP contribution in [0, 0.1) is 5.92 Å². The number of amides is 1. The van der Waals surface area contributed by atoms with Crippen LogP contribution in [0.4, 0.5) is 0 Å². The van der Waals surface area contributed by atoms with Gasteiger partial charge in [0.1, 0.15) is 12.8 Å². The zero-order chi connectivity index (χ0) is 14.5. The molecule has 106 valence electrons. The van der Waals surface area contributed by atoms with E-state index >= 15 is 0 Å². The standard InChI is InChI=1S/C16H20N2O2/c1-12(2)5-7-17-16(20)10-18-8-6-14-4-3-13(11-19)9-15(14)18/h3-4,6,8-9,11-12H,5,7,10H2,1-2H3,(H,17,20). The molecule has 1 aromatic carbocycles. The molecule has 0 spiro atoms. The summed E-state index contributed by atoms with van der Waals surface area (Å²) in [4.78, 5) is 22.7. The molecule has 0 aliphatic heterocycles. The van der Waals surface area contributed by atoms with Crippen molar-refractivity contribution in [2.45, 2.75) is 26.8 Å². The predicted molar refractivity (Wildman–Crippen MR) is 79.8 cm³/mol. The Hall–Kier alpha value is -2.10. The summed E-state index contributed by atoms with van der Waals surface area (Å²) in [6.45, 7) is 5.25. The van der Waals surface area contributed by atoms with E-state index in [1.165, 1.54) is 0 Å². The number of nitrogens with one attached hydrogen (secondary N) is 1. The van der Waals surface area contributed by atoms with Crippen molar-refractivity contribution >= 4 is 23.1 Å². The molecule has 0 radical (unpaired) electrons. The van der Waals surface area contributed by atoms with Crippen LogP contribution >= 0.6 is 0 Å². The van der Waals surface area contributed by atoms with Crippen LogP contribution < -0.4 is 5.32 Å². The third-order valence-corrected chi connectivity index (χ3v) is 3.29. The molecule has 0 aliphatic carbocycles. The number of nitrogens with zero attached hydrogens (tertiary/aromatic N) is 1. The number of rotatable bonds is 6. The summed E-state index contributed by atoms with van der Waals surface area (Å²) >= 11 is 0. The molecule has 4 heteroatoms. The zero-order valence-corrected chi connectivity index (χ0v) is 11.9. The summed E-state index contributed by atoms with van der Waals surface area (Å²) in [6, 6.07) is 7.43. The van der Waals surface area contributed by atoms with Crippen molar-refractivity contribution in [2.75, 3.05) is 6.54 Å². The molecule has 0 bridgehead atoms. The number of fused-ring (bicyclic) bond motifs is 1. The van der Waals surface area contributed by atoms with Crippen molar-refractivity contribution in [1.29, 1.82) is 0 Å². The fourth-order valence-electron chi connectivity index (χ4n) is 2.12. The molecule has 0 atom stereocenters. The number of carbonyl (C=O) groups excluding carboxylic acids is 2. The van der Waals surface area contributed by atoms with Crippen LogP contribution in [0.2, 0.25) is 0 Å². The summed E-state index contributed by atoms with van der Waals surface area (Å²) in [6.07, 6.45) is 3.67. The van der Waals surface area contributed by atoms with E-state index in [-0.39, 0.29) is 12.5 Å². The molecule has 1 heterocycles. The van der Waals surface area contributed by atoms with E-state index in [4.69, 9.17) is 0 Å². The van der Waals surface area contributed by atoms with Crippen molar-refractivity contribution in [3.63, 3.8) is 0 Å². The first kappa shape index (κ1) is 14.3. The lowest BCUT2D eigenvalue weighted by molar-refractivity contribution is -0.121. The van der Waals surface area contributed by atoms with Crippen LogP contribution in [0.1, 0.15) is 30.6 Å². The highest BCUT2D eigenvalue weighted by Gasteiger charge is 2.07. The van der Waals surface area contributed by atoms with Crippen molar-refractivity contribution < 1.29 is 9.59 Å². The largest absolute Gasteiger partial charge is 0.355 e. The smallest absolute Gasteiger partial charge is 0.239 e. The van der Waals surface area contributed by atoms with E-state index in [0.29, 0.717) is 18.0 Å². The molecule has 1 N–H and O–H groups in total. The van der Waals surface area contributed by atoms with E-state index in [9.17, 15) is 9.59 Å². The van der Waals surface area contributed by atoms with Crippen molar-refractivity contribution in [3.05, 3.63) is 36.0 Å². The fourth-order valence-corrected chi connectivity index (χ4v) is 2.12. The van der Waals surface area contributed by atoms with Gasteiger partial charge in [-0.15, -0.1) is 0 Å². The fraction of sp³-hybridized carbons (Fsp3) is 0.375. The molecule has 0 unspecified atom stereocenters. The van der Waals surface area contributed by atoms with Crippen LogP contribution in [0.15, 0.2) is 30.5 Å². The van der Waals surface area contributed by atoms with Gasteiger partial charge in [-0.1, -0.05) is 26.0 Å². The van der Waals surface area contributed by atoms with E-state index in [1.807, 2.05) is 29.0 Å². The maximum atomic E-state index is 11.9. The number of hydrogen-bond acceptors (Lipinski definition) is 2. The van der Waals surface area contributed by atoms with E-state index in [1.54, 1.807) is 6.07 Å². The van der Waals surface area contributed by atoms with Gasteiger partial charge in [0.05, 0.1) is 0 Å². The average molecular weight is 272 g/mol. The Labute approximate surface area is 118 Å². The van der Waals surface area contributed by atoms with Gasteiger partial charge in [-0.05, 0) is 29.9 Å². The Morgan fingerprint density at radius 2 is 2.15 bits per heavy atom. The highest BCUT2D eigenvalue weighted by molar-refractivity contribution is 5.88. The monoisotopic (exact) mass is 272 g/mol. The van der Waals surface area contributed by atoms with Crippen LogP contribution in [-0.4, -0.2) is 23.3 Å². The van der Waals surface area contributed by atoms with Crippen molar-refractivity contribution in [3.8, 4) is 0 Å². The Bertz CT molecular complexity index is 614. The Kier molecular flexibility index (Phi) is 4.56. The molecule has 2 aromatic rings. The van der Waals surface area contributed by atoms with Crippen LogP contribution in [0.25, 0.3) is 10.9 Å². The normalized spacial score (nSPS) is 10.9. The second kappa shape index (κ2) is 6.37. The molecule has 20 heavy (non-hydrogen) atoms. The van der Waals surface area contributed by atoms with Gasteiger partial charge < -0.3 is 9.88 Å². The second-order valence-corrected chi connectivity index (χ2v) is 5.41. The number of aldehydes is 1. The van der Waals surface area contributed by atoms with Gasteiger partial charge >= 0.3 is 0 Å². The summed E-state index contributed by atoms with van der Waals surface area (Å²) in [5.74, 6) is 0.581. The molecule has 1 aromatic heterocycles. The van der Waals surface area contributed by atoms with Gasteiger partial charge in [0.15, 0.2) is 0 Å². The van der Waals surface area contributed by atoms with Crippen molar-refractivity contribution in [2.24, 2.45) is 5.92 Å². The lowest BCUT2D eigenvalue weighted by atomic mass is 10.1. The van der Waals surface area contributed by atoms with Crippen LogP contribution in [0.3, 0.4) is 0 Å². The van der Waals surface area contributed by atoms with Gasteiger partial charge in [-0.2, -0.15) is 0 Å². The maximum Gasteiger partial charge on any atom is 0.239 e. The van der Waals surface area contributed by atoms with E-state index < -0.39 is 0 Å². The van der Waals surface area contributed by atoms with Crippen molar-refractivity contribution in [1.82, 2.24) is 9.88 Å². The highest BCUT2D eigenvalue weighted by atomic mass is 16.1. The Balaban J connectivity index is 2.05. The molecule has 0 saturated heterocycles. The number of benzene rings is 1. The molecule has 0 saturated carbocycles. The molecular weight excluding hydrogens is 252 g/mol. The lowest BCUT2D eigenvalue weighted by Gasteiger charge is -2.09. The summed E-state index contributed by atoms with van der Waals surface area (Å²) in [5.41, 5.74) is 1.53. The minimum atomic E-state index is -0.000318. The first-order valence-corrected chi connectivity index (χ1v) is 6.91. The highest BCUT2D eigenvalue weighted by Crippen LogP contribution is 2.16. The minimum absolute atomic E-state index is 0.000318. The molecule has 4 nitrogen and oxygen atoms in total. The lowest BCUT2D eigenvalue weighted by Crippen LogP contribution is -2.28. The molecule has 2 rings (SSSR count). The average Bonchev–Trinajstić information content (AvgIpc) is 2.80. The second-order valence-electron chi connectivity index (χ2n) is 5.41. The van der Waals surface area contributed by atoms with E-state index in [2.05, 4.69) is 19.2 Å². The molecule has 1 amide bonds. The van der Waals surface area contributed by atoms with Gasteiger partial charge in [0.25, 0.3) is 0 Å². The summed E-state index contributed by atoms with van der Waals surface area (Å²) in [7, 11) is 0. The van der Waals surface area contributed by atoms with Crippen LogP contribution in [-0.2, 0) is 11.3 Å². The van der Waals surface area contributed by atoms with E-state index in [0.717, 1.165) is 23.6 Å². The van der Waals surface area contributed by atoms with Gasteiger partial charge in [0, 0.05) is 23.8 Å². The third kappa shape index (κ3) is 3.47. The summed E-state index contributed by atoms with van der Waals surface area (Å²) < 4.78 is 1.87. The Morgan fingerprint density at radius 3 is 2.85 bits per heavy atom. The first-order valence-electron chi connectivity index (χ1n) is 6.91.